The fourth-order valence-electron chi connectivity index (χ4n) is 8.80. The largest absolute Gasteiger partial charge is 0.698 e. The fourth-order valence-corrected chi connectivity index (χ4v) is 15.1. The number of hydrogen-bond acceptors (Lipinski definition) is 12. The van der Waals surface area contributed by atoms with Gasteiger partial charge < -0.3 is 28.9 Å². The lowest BCUT2D eigenvalue weighted by Gasteiger charge is -2.44. The Morgan fingerprint density at radius 2 is 1.48 bits per heavy atom. The van der Waals surface area contributed by atoms with Gasteiger partial charge in [-0.3, -0.25) is 14.4 Å². The summed E-state index contributed by atoms with van der Waals surface area (Å²) >= 11 is 0. The maximum absolute atomic E-state index is 13.1. The molecule has 3 aromatic carbocycles. The average molecular weight is 955 g/mol. The molecule has 18 heteroatoms. The van der Waals surface area contributed by atoms with Crippen molar-refractivity contribution in [1.82, 2.24) is 24.4 Å². The number of hydrogen-bond donors (Lipinski definition) is 3. The van der Waals surface area contributed by atoms with Crippen LogP contribution in [0.15, 0.2) is 109 Å². The molecule has 5 heterocycles. The van der Waals surface area contributed by atoms with E-state index in [1.165, 1.54) is 68.3 Å². The van der Waals surface area contributed by atoms with Crippen molar-refractivity contribution in [1.29, 1.82) is 0 Å². The standard InChI is InChI=1S/C39H48N5O8PSi2.C9H16N2/c1-37(2,3)54(7,8)51-32-30(24-49-55(38(4,5)6,28-20-14-10-15-21-28)29-22-16-11-17-23-29)50-36(39(32,46)52-53(47)48)44-26-42-31-33(40-25-41-34(31)44)43-35(45)27-18-12-9-13-19-27;1-2-5-9-10-6-4-8-11(9)7-3-1/h9-23,25-26,30,32,36,46H,24H2,1-8H3,(H-,40,41,43,45,47,48);1-8H2/p+1/t30-,32-,36-,39-;/m1./s1. The Morgan fingerprint density at radius 1 is 0.864 bits per heavy atom. The fraction of sp³-hybridized carbons (Fsp3) is 0.479. The predicted octanol–water partition coefficient (Wildman–Crippen LogP) is 7.96. The molecule has 5 aromatic rings. The van der Waals surface area contributed by atoms with E-state index >= 15 is 0 Å². The van der Waals surface area contributed by atoms with Crippen LogP contribution < -0.4 is 15.7 Å². The van der Waals surface area contributed by atoms with Gasteiger partial charge in [0.15, 0.2) is 31.5 Å². The number of imidazole rings is 1. The molecule has 0 bridgehead atoms. The molecule has 8 rings (SSSR count). The summed E-state index contributed by atoms with van der Waals surface area (Å²) in [5, 5.41) is 16.8. The smallest absolute Gasteiger partial charge is 0.406 e. The Morgan fingerprint density at radius 3 is 2.09 bits per heavy atom. The zero-order chi connectivity index (χ0) is 47.3. The number of nitrogens with zero attached hydrogens (tertiary/aromatic N) is 6. The van der Waals surface area contributed by atoms with E-state index in [0.29, 0.717) is 5.56 Å². The topological polar surface area (TPSA) is 183 Å². The molecule has 3 aliphatic heterocycles. The molecule has 352 valence electrons. The van der Waals surface area contributed by atoms with Crippen molar-refractivity contribution < 1.29 is 37.5 Å². The number of anilines is 1. The van der Waals surface area contributed by atoms with Gasteiger partial charge in [0.2, 0.25) is 0 Å². The monoisotopic (exact) mass is 954 g/mol. The Balaban J connectivity index is 0.000000511. The third-order valence-electron chi connectivity index (χ3n) is 13.2. The van der Waals surface area contributed by atoms with Crippen LogP contribution >= 0.6 is 8.25 Å². The molecule has 15 nitrogen and oxygen atoms in total. The second-order valence-electron chi connectivity index (χ2n) is 19.7. The molecule has 2 fully saturated rings. The van der Waals surface area contributed by atoms with Crippen molar-refractivity contribution >= 4 is 64.0 Å². The third-order valence-corrected chi connectivity index (χ3v) is 23.1. The van der Waals surface area contributed by atoms with E-state index < -0.39 is 55.0 Å². The number of carbonyl (C=O) groups is 1. The number of carbonyl (C=O) groups excluding carboxylic acids is 1. The quantitative estimate of drug-likeness (QED) is 0.0624. The number of aliphatic imine (C=N–C) groups is 1. The van der Waals surface area contributed by atoms with Gasteiger partial charge >= 0.3 is 8.25 Å². The molecule has 66 heavy (non-hydrogen) atoms. The maximum atomic E-state index is 13.1. The first-order chi connectivity index (χ1) is 31.4. The van der Waals surface area contributed by atoms with E-state index in [0.717, 1.165) is 16.9 Å². The Bertz CT molecular complexity index is 2430. The summed E-state index contributed by atoms with van der Waals surface area (Å²) in [6.07, 6.45) is 5.41. The van der Waals surface area contributed by atoms with Gasteiger partial charge in [0.05, 0.1) is 18.8 Å². The Kier molecular flexibility index (Phi) is 15.2. The molecule has 5 atom stereocenters. The number of rotatable bonds is 12. The van der Waals surface area contributed by atoms with Gasteiger partial charge in [-0.1, -0.05) is 131 Å². The van der Waals surface area contributed by atoms with Gasteiger partial charge in [-0.05, 0) is 64.9 Å². The van der Waals surface area contributed by atoms with Crippen LogP contribution in [0.4, 0.5) is 5.82 Å². The molecule has 0 spiro atoms. The van der Waals surface area contributed by atoms with E-state index in [9.17, 15) is 19.4 Å². The predicted molar refractivity (Wildman–Crippen MR) is 262 cm³/mol. The summed E-state index contributed by atoms with van der Waals surface area (Å²) in [5.74, 6) is -1.43. The van der Waals surface area contributed by atoms with Crippen LogP contribution in [0.1, 0.15) is 90.2 Å². The van der Waals surface area contributed by atoms with Crippen LogP contribution in [0.3, 0.4) is 0 Å². The molecular formula is C48H65N7O8PSi2+. The molecule has 3 aliphatic rings. The third kappa shape index (κ3) is 10.4. The zero-order valence-electron chi connectivity index (χ0n) is 39.4. The van der Waals surface area contributed by atoms with E-state index in [2.05, 4.69) is 96.0 Å². The van der Waals surface area contributed by atoms with Gasteiger partial charge in [-0.25, -0.2) is 15.0 Å². The van der Waals surface area contributed by atoms with E-state index in [1.54, 1.807) is 30.3 Å². The summed E-state index contributed by atoms with van der Waals surface area (Å²) in [5.41, 5.74) is 0.773. The SMILES string of the molecule is C1CCC2=NCCCN2CC1.CC(C)(C)[Si](C)(C)O[C@@H]1[C@@H](CO[Si](c2ccccc2)(c2ccccc2)C(C)(C)C)O[C@@H](n2cnc3c(NC(=O)c4ccccc4)ncnc32)[C@]1(O)O[P+](=O)O. The van der Waals surface area contributed by atoms with Crippen LogP contribution in [0.5, 0.6) is 0 Å². The second-order valence-corrected chi connectivity index (χ2v) is 29.4. The first kappa shape index (κ1) is 49.4. The van der Waals surface area contributed by atoms with Crippen molar-refractivity contribution in [2.45, 2.75) is 121 Å². The van der Waals surface area contributed by atoms with Crippen LogP contribution in [0.2, 0.25) is 23.2 Å². The van der Waals surface area contributed by atoms with Crippen molar-refractivity contribution in [3.05, 3.63) is 109 Å². The summed E-state index contributed by atoms with van der Waals surface area (Å²) in [6.45, 7) is 20.2. The lowest BCUT2D eigenvalue weighted by Crippen LogP contribution is -2.67. The van der Waals surface area contributed by atoms with E-state index in [1.807, 2.05) is 49.5 Å². The number of aromatic nitrogens is 4. The zero-order valence-corrected chi connectivity index (χ0v) is 42.3. The number of fused-ring (bicyclic) bond motifs is 2. The second kappa shape index (κ2) is 20.4. The normalized spacial score (nSPS) is 21.8. The molecule has 3 N–H and O–H groups in total. The minimum atomic E-state index is -3.39. The molecule has 1 amide bonds. The average Bonchev–Trinajstić information content (AvgIpc) is 3.71. The van der Waals surface area contributed by atoms with E-state index in [4.69, 9.17) is 18.1 Å². The summed E-state index contributed by atoms with van der Waals surface area (Å²) in [6, 6.07) is 28.9. The number of benzene rings is 3. The van der Waals surface area contributed by atoms with Gasteiger partial charge in [-0.2, -0.15) is 0 Å². The van der Waals surface area contributed by atoms with Gasteiger partial charge in [0, 0.05) is 36.2 Å². The van der Waals surface area contributed by atoms with Crippen LogP contribution in [-0.2, 0) is 22.7 Å². The summed E-state index contributed by atoms with van der Waals surface area (Å²) < 4.78 is 40.6. The van der Waals surface area contributed by atoms with Gasteiger partial charge in [0.1, 0.15) is 18.5 Å². The Labute approximate surface area is 391 Å². The van der Waals surface area contributed by atoms with Gasteiger partial charge in [-0.15, -0.1) is 4.89 Å². The van der Waals surface area contributed by atoms with Gasteiger partial charge in [0.25, 0.3) is 20.0 Å². The van der Waals surface area contributed by atoms with Crippen molar-refractivity contribution in [2.24, 2.45) is 4.99 Å². The highest BCUT2D eigenvalue weighted by atomic mass is 31.1. The highest BCUT2D eigenvalue weighted by Crippen LogP contribution is 2.50. The molecular weight excluding hydrogens is 890 g/mol. The lowest BCUT2D eigenvalue weighted by atomic mass is 10.1. The molecule has 2 aromatic heterocycles. The summed E-state index contributed by atoms with van der Waals surface area (Å²) in [4.78, 5) is 43.6. The van der Waals surface area contributed by atoms with Crippen LogP contribution in [0, 0.1) is 0 Å². The first-order valence-corrected chi connectivity index (χ1v) is 28.8. The lowest BCUT2D eigenvalue weighted by molar-refractivity contribution is -0.226. The minimum Gasteiger partial charge on any atom is -0.406 e. The van der Waals surface area contributed by atoms with Crippen LogP contribution in [0.25, 0.3) is 11.2 Å². The number of aliphatic hydroxyl groups is 1. The minimum absolute atomic E-state index is 0.0725. The molecule has 0 saturated carbocycles. The highest BCUT2D eigenvalue weighted by molar-refractivity contribution is 7.32. The van der Waals surface area contributed by atoms with Crippen molar-refractivity contribution in [3.63, 3.8) is 0 Å². The Hall–Kier alpha value is -4.56. The number of ether oxygens (including phenoxy) is 1. The molecule has 2 saturated heterocycles. The molecule has 0 radical (unpaired) electrons. The van der Waals surface area contributed by atoms with Crippen molar-refractivity contribution in [2.75, 3.05) is 31.6 Å². The van der Waals surface area contributed by atoms with Crippen molar-refractivity contribution in [3.8, 4) is 0 Å². The number of amidine groups is 1. The maximum Gasteiger partial charge on any atom is 0.698 e. The highest BCUT2D eigenvalue weighted by Gasteiger charge is 2.66. The van der Waals surface area contributed by atoms with Crippen LogP contribution in [-0.4, -0.2) is 107 Å². The van der Waals surface area contributed by atoms with E-state index in [-0.39, 0.29) is 33.7 Å². The summed E-state index contributed by atoms with van der Waals surface area (Å²) in [7, 11) is -9.28. The molecule has 1 unspecified atom stereocenters. The number of nitrogens with one attached hydrogen (secondary N) is 1. The number of amides is 1. The molecule has 0 aliphatic carbocycles. The first-order valence-electron chi connectivity index (χ1n) is 22.8.